The van der Waals surface area contributed by atoms with Gasteiger partial charge in [0.1, 0.15) is 11.2 Å². The Morgan fingerprint density at radius 3 is 2.10 bits per heavy atom. The van der Waals surface area contributed by atoms with Gasteiger partial charge in [0.25, 0.3) is 0 Å². The Hall–Kier alpha value is -6.26. The normalized spacial score (nSPS) is 13.8. The third-order valence-electron chi connectivity index (χ3n) is 10.2. The van der Waals surface area contributed by atoms with Gasteiger partial charge in [-0.05, 0) is 89.0 Å². The van der Waals surface area contributed by atoms with Crippen molar-refractivity contribution in [1.29, 1.82) is 0 Å². The number of ether oxygens (including phenoxy) is 1. The van der Waals surface area contributed by atoms with Crippen molar-refractivity contribution in [3.8, 4) is 22.6 Å². The summed E-state index contributed by atoms with van der Waals surface area (Å²) in [4.78, 5) is 4.60. The first-order valence-corrected chi connectivity index (χ1v) is 16.8. The van der Waals surface area contributed by atoms with E-state index in [1.807, 2.05) is 24.3 Å². The summed E-state index contributed by atoms with van der Waals surface area (Å²) in [5, 5.41) is 2.23. The van der Waals surface area contributed by atoms with E-state index in [4.69, 9.17) is 9.15 Å². The van der Waals surface area contributed by atoms with Gasteiger partial charge in [-0.3, -0.25) is 0 Å². The van der Waals surface area contributed by atoms with Crippen LogP contribution in [-0.4, -0.2) is 0 Å². The Bertz CT molecular complexity index is 2580. The number of hydrogen-bond donors (Lipinski definition) is 0. The predicted octanol–water partition coefficient (Wildman–Crippen LogP) is 12.9. The van der Waals surface area contributed by atoms with Crippen LogP contribution in [0.5, 0.6) is 11.5 Å². The number of fused-ring (bicyclic) bond motifs is 8. The zero-order valence-corrected chi connectivity index (χ0v) is 27.2. The summed E-state index contributed by atoms with van der Waals surface area (Å²) in [6, 6.07) is 55.7. The van der Waals surface area contributed by atoms with Gasteiger partial charge in [0.15, 0.2) is 11.5 Å². The van der Waals surface area contributed by atoms with Crippen LogP contribution < -0.4 is 14.5 Å². The van der Waals surface area contributed by atoms with Gasteiger partial charge in [-0.1, -0.05) is 92.7 Å². The van der Waals surface area contributed by atoms with Gasteiger partial charge in [-0.2, -0.15) is 0 Å². The molecular weight excluding hydrogens is 601 g/mol. The number of benzene rings is 7. The molecule has 4 nitrogen and oxygen atoms in total. The standard InChI is InChI=1S/C45H32N2O2/c1-45(2)37-16-8-6-14-33(37)34-23-20-30(26-38(34)45)46(29-12-4-3-5-13-29)31-22-25-40-44(28-31)49-42-19-11-9-17-39(42)47(40)32-21-24-36-35-15-7-10-18-41(35)48-43(36)27-32/h3-28H,1-2H3. The van der Waals surface area contributed by atoms with Crippen LogP contribution >= 0.6 is 0 Å². The van der Waals surface area contributed by atoms with E-state index in [-0.39, 0.29) is 5.41 Å². The first-order valence-electron chi connectivity index (χ1n) is 16.8. The number of anilines is 6. The Balaban J connectivity index is 1.12. The largest absolute Gasteiger partial charge is 0.456 e. The highest BCUT2D eigenvalue weighted by atomic mass is 16.5. The van der Waals surface area contributed by atoms with E-state index in [1.165, 1.54) is 22.3 Å². The zero-order valence-electron chi connectivity index (χ0n) is 27.2. The summed E-state index contributed by atoms with van der Waals surface area (Å²) in [6.45, 7) is 4.66. The van der Waals surface area contributed by atoms with E-state index in [2.05, 4.69) is 157 Å². The quantitative estimate of drug-likeness (QED) is 0.193. The summed E-state index contributed by atoms with van der Waals surface area (Å²) >= 11 is 0. The lowest BCUT2D eigenvalue weighted by atomic mass is 9.82. The zero-order chi connectivity index (χ0) is 32.7. The fraction of sp³-hybridized carbons (Fsp3) is 0.0667. The lowest BCUT2D eigenvalue weighted by Crippen LogP contribution is -2.18. The maximum Gasteiger partial charge on any atom is 0.153 e. The number of para-hydroxylation sites is 4. The van der Waals surface area contributed by atoms with Crippen molar-refractivity contribution in [2.24, 2.45) is 0 Å². The third kappa shape index (κ3) is 4.17. The highest BCUT2D eigenvalue weighted by Gasteiger charge is 2.36. The first-order chi connectivity index (χ1) is 24.0. The molecule has 8 aromatic rings. The predicted molar refractivity (Wildman–Crippen MR) is 201 cm³/mol. The first kappa shape index (κ1) is 27.8. The van der Waals surface area contributed by atoms with Crippen LogP contribution in [0.25, 0.3) is 33.1 Å². The molecule has 0 saturated carbocycles. The summed E-state index contributed by atoms with van der Waals surface area (Å²) in [5.74, 6) is 1.59. The van der Waals surface area contributed by atoms with Crippen molar-refractivity contribution in [1.82, 2.24) is 0 Å². The van der Waals surface area contributed by atoms with Gasteiger partial charge < -0.3 is 19.0 Å². The van der Waals surface area contributed by atoms with Crippen molar-refractivity contribution >= 4 is 56.1 Å². The number of hydrogen-bond acceptors (Lipinski definition) is 4. The molecule has 2 aliphatic rings. The molecular formula is C45H32N2O2. The molecule has 1 aliphatic carbocycles. The van der Waals surface area contributed by atoms with E-state index in [1.54, 1.807) is 0 Å². The lowest BCUT2D eigenvalue weighted by molar-refractivity contribution is 0.477. The Labute approximate surface area is 285 Å². The Kier molecular flexibility index (Phi) is 5.89. The number of nitrogens with zero attached hydrogens (tertiary/aromatic N) is 2. The topological polar surface area (TPSA) is 28.9 Å². The lowest BCUT2D eigenvalue weighted by Gasteiger charge is -2.34. The van der Waals surface area contributed by atoms with Gasteiger partial charge in [-0.25, -0.2) is 0 Å². The molecule has 0 fully saturated rings. The van der Waals surface area contributed by atoms with Crippen molar-refractivity contribution < 1.29 is 9.15 Å². The van der Waals surface area contributed by atoms with Crippen molar-refractivity contribution in [2.45, 2.75) is 19.3 Å². The van der Waals surface area contributed by atoms with E-state index >= 15 is 0 Å². The van der Waals surface area contributed by atoms with Gasteiger partial charge >= 0.3 is 0 Å². The molecule has 0 amide bonds. The van der Waals surface area contributed by atoms with E-state index in [0.29, 0.717) is 0 Å². The molecule has 0 bridgehead atoms. The van der Waals surface area contributed by atoms with E-state index in [9.17, 15) is 0 Å². The molecule has 0 unspecified atom stereocenters. The Morgan fingerprint density at radius 2 is 1.18 bits per heavy atom. The number of furan rings is 1. The van der Waals surface area contributed by atoms with Gasteiger partial charge in [0.05, 0.1) is 17.1 Å². The molecule has 0 N–H and O–H groups in total. The summed E-state index contributed by atoms with van der Waals surface area (Å²) in [7, 11) is 0. The summed E-state index contributed by atoms with van der Waals surface area (Å²) in [6.07, 6.45) is 0. The molecule has 7 aromatic carbocycles. The minimum absolute atomic E-state index is 0.103. The molecule has 234 valence electrons. The van der Waals surface area contributed by atoms with Crippen LogP contribution in [0.4, 0.5) is 34.1 Å². The second kappa shape index (κ2) is 10.4. The molecule has 10 rings (SSSR count). The molecule has 0 atom stereocenters. The molecule has 49 heavy (non-hydrogen) atoms. The minimum Gasteiger partial charge on any atom is -0.456 e. The molecule has 1 aliphatic heterocycles. The van der Waals surface area contributed by atoms with Crippen molar-refractivity contribution in [3.63, 3.8) is 0 Å². The molecule has 2 heterocycles. The maximum atomic E-state index is 6.68. The minimum atomic E-state index is -0.103. The van der Waals surface area contributed by atoms with Crippen LogP contribution in [0.1, 0.15) is 25.0 Å². The molecule has 0 saturated heterocycles. The van der Waals surface area contributed by atoms with E-state index < -0.39 is 0 Å². The molecule has 1 aromatic heterocycles. The van der Waals surface area contributed by atoms with Crippen molar-refractivity contribution in [3.05, 3.63) is 169 Å². The third-order valence-corrected chi connectivity index (χ3v) is 10.2. The Morgan fingerprint density at radius 1 is 0.490 bits per heavy atom. The second-order valence-corrected chi connectivity index (χ2v) is 13.4. The van der Waals surface area contributed by atoms with Gasteiger partial charge in [0.2, 0.25) is 0 Å². The monoisotopic (exact) mass is 632 g/mol. The average molecular weight is 633 g/mol. The average Bonchev–Trinajstić information content (AvgIpc) is 3.62. The van der Waals surface area contributed by atoms with Crippen LogP contribution in [0.2, 0.25) is 0 Å². The maximum absolute atomic E-state index is 6.68. The molecule has 4 heteroatoms. The highest BCUT2D eigenvalue weighted by Crippen LogP contribution is 2.54. The molecule has 0 spiro atoms. The SMILES string of the molecule is CC1(C)c2ccccc2-c2ccc(N(c3ccccc3)c3ccc4c(c3)Oc3ccccc3N4c3ccc4c(c3)oc3ccccc34)cc21. The fourth-order valence-corrected chi connectivity index (χ4v) is 7.87. The van der Waals surface area contributed by atoms with Gasteiger partial charge in [-0.15, -0.1) is 0 Å². The highest BCUT2D eigenvalue weighted by molar-refractivity contribution is 6.06. The molecule has 0 radical (unpaired) electrons. The number of rotatable bonds is 4. The smallest absolute Gasteiger partial charge is 0.153 e. The van der Waals surface area contributed by atoms with Crippen LogP contribution in [0.15, 0.2) is 162 Å². The van der Waals surface area contributed by atoms with Gasteiger partial charge in [0, 0.05) is 45.4 Å². The van der Waals surface area contributed by atoms with Crippen LogP contribution in [-0.2, 0) is 5.41 Å². The van der Waals surface area contributed by atoms with Crippen LogP contribution in [0.3, 0.4) is 0 Å². The summed E-state index contributed by atoms with van der Waals surface area (Å²) in [5.41, 5.74) is 13.2. The fourth-order valence-electron chi connectivity index (χ4n) is 7.87. The second-order valence-electron chi connectivity index (χ2n) is 13.4. The van der Waals surface area contributed by atoms with Crippen molar-refractivity contribution in [2.75, 3.05) is 9.80 Å². The summed E-state index contributed by atoms with van der Waals surface area (Å²) < 4.78 is 13.0. The van der Waals surface area contributed by atoms with E-state index in [0.717, 1.165) is 67.6 Å². The van der Waals surface area contributed by atoms with Crippen LogP contribution in [0, 0.1) is 0 Å².